The summed E-state index contributed by atoms with van der Waals surface area (Å²) in [6.45, 7) is 0. The molecule has 0 fully saturated rings. The molecule has 0 unspecified atom stereocenters. The first-order valence-electron chi connectivity index (χ1n) is 17.5. The molecule has 0 saturated carbocycles. The lowest BCUT2D eigenvalue weighted by molar-refractivity contribution is 0.330. The average molecular weight is 703 g/mol. The lowest BCUT2D eigenvalue weighted by Gasteiger charge is -2.30. The van der Waals surface area contributed by atoms with Gasteiger partial charge in [-0.1, -0.05) is 140 Å². The SMILES string of the molecule is Oc1c(O)c(O)c(-c2cc(-c3ccc4c(c3)-c3ccccc3C43c4ccccc4-c4ccccc43)nc(-c3ccc(-c4ccccc4)cc3)n2)c(O)c1O. The van der Waals surface area contributed by atoms with Crippen molar-refractivity contribution < 1.29 is 25.5 Å². The number of rotatable bonds is 4. The zero-order valence-corrected chi connectivity index (χ0v) is 28.6. The van der Waals surface area contributed by atoms with Gasteiger partial charge in [0, 0.05) is 11.1 Å². The molecular weight excluding hydrogens is 673 g/mol. The van der Waals surface area contributed by atoms with E-state index in [0.29, 0.717) is 11.3 Å². The fourth-order valence-electron chi connectivity index (χ4n) is 8.48. The lowest BCUT2D eigenvalue weighted by Crippen LogP contribution is -2.25. The molecule has 1 heterocycles. The minimum absolute atomic E-state index is 0.0266. The Balaban J connectivity index is 1.19. The molecule has 54 heavy (non-hydrogen) atoms. The molecule has 0 bridgehead atoms. The molecular formula is C47H30N2O5. The topological polar surface area (TPSA) is 127 Å². The quantitative estimate of drug-likeness (QED) is 0.0913. The van der Waals surface area contributed by atoms with Crippen molar-refractivity contribution in [3.8, 4) is 96.0 Å². The van der Waals surface area contributed by atoms with Gasteiger partial charge in [-0.25, -0.2) is 9.97 Å². The van der Waals surface area contributed by atoms with Crippen LogP contribution in [0.5, 0.6) is 28.7 Å². The van der Waals surface area contributed by atoms with Crippen LogP contribution in [0, 0.1) is 0 Å². The van der Waals surface area contributed by atoms with Gasteiger partial charge >= 0.3 is 0 Å². The highest BCUT2D eigenvalue weighted by atomic mass is 16.4. The zero-order chi connectivity index (χ0) is 36.7. The molecule has 2 aliphatic rings. The van der Waals surface area contributed by atoms with Gasteiger partial charge in [-0.2, -0.15) is 0 Å². The van der Waals surface area contributed by atoms with Gasteiger partial charge in [-0.05, 0) is 67.8 Å². The number of phenols is 5. The normalized spacial score (nSPS) is 13.0. The third-order valence-electron chi connectivity index (χ3n) is 10.9. The van der Waals surface area contributed by atoms with Gasteiger partial charge < -0.3 is 25.5 Å². The van der Waals surface area contributed by atoms with Crippen molar-refractivity contribution >= 4 is 0 Å². The molecule has 7 nitrogen and oxygen atoms in total. The van der Waals surface area contributed by atoms with E-state index in [0.717, 1.165) is 33.4 Å². The Morgan fingerprint density at radius 2 is 0.759 bits per heavy atom. The predicted octanol–water partition coefficient (Wildman–Crippen LogP) is 10.0. The van der Waals surface area contributed by atoms with Crippen LogP contribution >= 0.6 is 0 Å². The molecule has 10 rings (SSSR count). The van der Waals surface area contributed by atoms with E-state index >= 15 is 0 Å². The number of aromatic nitrogens is 2. The van der Waals surface area contributed by atoms with Crippen molar-refractivity contribution in [3.05, 3.63) is 174 Å². The first kappa shape index (κ1) is 31.4. The summed E-state index contributed by atoms with van der Waals surface area (Å²) < 4.78 is 0. The van der Waals surface area contributed by atoms with Crippen molar-refractivity contribution in [2.75, 3.05) is 0 Å². The summed E-state index contributed by atoms with van der Waals surface area (Å²) in [6.07, 6.45) is 0. The monoisotopic (exact) mass is 702 g/mol. The molecule has 5 N–H and O–H groups in total. The van der Waals surface area contributed by atoms with Crippen LogP contribution in [-0.2, 0) is 5.41 Å². The molecule has 0 aliphatic heterocycles. The van der Waals surface area contributed by atoms with Crippen molar-refractivity contribution in [2.45, 2.75) is 5.41 Å². The van der Waals surface area contributed by atoms with E-state index in [1.54, 1.807) is 6.07 Å². The highest BCUT2D eigenvalue weighted by molar-refractivity contribution is 5.96. The third-order valence-corrected chi connectivity index (χ3v) is 10.9. The number of phenolic OH excluding ortho intramolecular Hbond substituents is 5. The lowest BCUT2D eigenvalue weighted by atomic mass is 9.70. The Bertz CT molecular complexity index is 2760. The molecule has 7 heteroatoms. The Morgan fingerprint density at radius 3 is 1.35 bits per heavy atom. The summed E-state index contributed by atoms with van der Waals surface area (Å²) >= 11 is 0. The smallest absolute Gasteiger partial charge is 0.208 e. The summed E-state index contributed by atoms with van der Waals surface area (Å²) in [7, 11) is 0. The summed E-state index contributed by atoms with van der Waals surface area (Å²) in [6, 6.07) is 51.3. The molecule has 1 aromatic heterocycles. The molecule has 7 aromatic carbocycles. The van der Waals surface area contributed by atoms with Gasteiger partial charge in [0.05, 0.1) is 22.4 Å². The molecule has 1 spiro atoms. The molecule has 8 aromatic rings. The van der Waals surface area contributed by atoms with Crippen LogP contribution < -0.4 is 0 Å². The average Bonchev–Trinajstić information content (AvgIpc) is 3.70. The van der Waals surface area contributed by atoms with E-state index in [9.17, 15) is 25.5 Å². The highest BCUT2D eigenvalue weighted by Crippen LogP contribution is 2.63. The Kier molecular flexibility index (Phi) is 6.72. The van der Waals surface area contributed by atoms with Crippen molar-refractivity contribution in [1.82, 2.24) is 9.97 Å². The van der Waals surface area contributed by atoms with Crippen molar-refractivity contribution in [1.29, 1.82) is 0 Å². The Morgan fingerprint density at radius 1 is 0.333 bits per heavy atom. The maximum atomic E-state index is 11.0. The predicted molar refractivity (Wildman–Crippen MR) is 208 cm³/mol. The van der Waals surface area contributed by atoms with Gasteiger partial charge in [-0.3, -0.25) is 0 Å². The maximum absolute atomic E-state index is 11.0. The minimum atomic E-state index is -1.04. The number of benzene rings is 7. The number of hydrogen-bond acceptors (Lipinski definition) is 7. The molecule has 0 saturated heterocycles. The highest BCUT2D eigenvalue weighted by Gasteiger charge is 2.51. The van der Waals surface area contributed by atoms with Crippen LogP contribution in [0.3, 0.4) is 0 Å². The fraction of sp³-hybridized carbons (Fsp3) is 0.0213. The molecule has 2 aliphatic carbocycles. The van der Waals surface area contributed by atoms with Crippen LogP contribution in [0.1, 0.15) is 22.3 Å². The summed E-state index contributed by atoms with van der Waals surface area (Å²) in [4.78, 5) is 9.73. The first-order chi connectivity index (χ1) is 26.4. The van der Waals surface area contributed by atoms with Crippen LogP contribution in [0.2, 0.25) is 0 Å². The first-order valence-corrected chi connectivity index (χ1v) is 17.5. The summed E-state index contributed by atoms with van der Waals surface area (Å²) in [5.74, 6) is -4.39. The van der Waals surface area contributed by atoms with Gasteiger partial charge in [0.15, 0.2) is 17.3 Å². The Hall–Kier alpha value is -7.38. The van der Waals surface area contributed by atoms with Gasteiger partial charge in [-0.15, -0.1) is 0 Å². The summed E-state index contributed by atoms with van der Waals surface area (Å²) in [5.41, 5.74) is 12.5. The van der Waals surface area contributed by atoms with E-state index in [4.69, 9.17) is 9.97 Å². The molecule has 258 valence electrons. The van der Waals surface area contributed by atoms with Gasteiger partial charge in [0.1, 0.15) is 0 Å². The second-order valence-corrected chi connectivity index (χ2v) is 13.7. The molecule has 0 radical (unpaired) electrons. The largest absolute Gasteiger partial charge is 0.504 e. The standard InChI is InChI=1S/C47H30N2O5/c50-41-40(42(51)44(53)45(54)43(41)52)39-25-38(48-46(49-39)28-20-18-27(19-21-28)26-10-2-1-3-11-26)29-22-23-37-33(24-29)32-14-6-9-17-36(32)47(37)34-15-7-4-12-30(34)31-13-5-8-16-35(31)47/h1-25,50-54H. The van der Waals surface area contributed by atoms with E-state index in [1.165, 1.54) is 27.8 Å². The number of aromatic hydroxyl groups is 5. The second kappa shape index (κ2) is 11.6. The van der Waals surface area contributed by atoms with Gasteiger partial charge in [0.2, 0.25) is 17.2 Å². The van der Waals surface area contributed by atoms with Crippen LogP contribution in [0.15, 0.2) is 152 Å². The fourth-order valence-corrected chi connectivity index (χ4v) is 8.48. The maximum Gasteiger partial charge on any atom is 0.208 e. The number of hydrogen-bond donors (Lipinski definition) is 5. The molecule has 0 amide bonds. The van der Waals surface area contributed by atoms with E-state index in [-0.39, 0.29) is 17.1 Å². The van der Waals surface area contributed by atoms with E-state index < -0.39 is 34.2 Å². The van der Waals surface area contributed by atoms with Crippen LogP contribution in [0.4, 0.5) is 0 Å². The van der Waals surface area contributed by atoms with Gasteiger partial charge in [0.25, 0.3) is 0 Å². The van der Waals surface area contributed by atoms with E-state index in [1.807, 2.05) is 60.7 Å². The van der Waals surface area contributed by atoms with E-state index in [2.05, 4.69) is 84.9 Å². The Labute approximate surface area is 310 Å². The van der Waals surface area contributed by atoms with Crippen molar-refractivity contribution in [3.63, 3.8) is 0 Å². The second-order valence-electron chi connectivity index (χ2n) is 13.7. The number of fused-ring (bicyclic) bond motifs is 10. The zero-order valence-electron chi connectivity index (χ0n) is 28.6. The molecule has 0 atom stereocenters. The third kappa shape index (κ3) is 4.29. The summed E-state index contributed by atoms with van der Waals surface area (Å²) in [5, 5.41) is 53.1. The van der Waals surface area contributed by atoms with Crippen LogP contribution in [0.25, 0.3) is 67.3 Å². The number of nitrogens with zero attached hydrogens (tertiary/aromatic N) is 2. The minimum Gasteiger partial charge on any atom is -0.504 e. The van der Waals surface area contributed by atoms with Crippen molar-refractivity contribution in [2.24, 2.45) is 0 Å². The van der Waals surface area contributed by atoms with Crippen LogP contribution in [-0.4, -0.2) is 35.5 Å².